The Hall–Kier alpha value is -0.730. The minimum absolute atomic E-state index is 0.535. The first-order valence-corrected chi connectivity index (χ1v) is 7.39. The summed E-state index contributed by atoms with van der Waals surface area (Å²) in [5.41, 5.74) is 0. The lowest BCUT2D eigenvalue weighted by molar-refractivity contribution is 0.117. The maximum Gasteiger partial charge on any atom is 0.119 e. The fourth-order valence-electron chi connectivity index (χ4n) is 2.23. The van der Waals surface area contributed by atoms with E-state index in [2.05, 4.69) is 42.1 Å². The van der Waals surface area contributed by atoms with Crippen LogP contribution in [0.4, 0.5) is 0 Å². The smallest absolute Gasteiger partial charge is 0.119 e. The molecule has 100 valence electrons. The molecule has 0 fully saturated rings. The lowest BCUT2D eigenvalue weighted by atomic mass is 10.2. The molecule has 0 radical (unpaired) electrons. The third kappa shape index (κ3) is 4.57. The Balaban J connectivity index is 2.44. The standard InChI is InChI=1S/C14H29N3/c1-4-7-10-14-16(11-8-5-2)13-15-17(14)12-9-6-3/h13-14H,4-12H2,1-3H3. The fourth-order valence-corrected chi connectivity index (χ4v) is 2.23. The van der Waals surface area contributed by atoms with Crippen molar-refractivity contribution < 1.29 is 0 Å². The molecule has 0 aliphatic carbocycles. The quantitative estimate of drug-likeness (QED) is 0.611. The minimum Gasteiger partial charge on any atom is -0.339 e. The van der Waals surface area contributed by atoms with Crippen molar-refractivity contribution in [2.24, 2.45) is 5.10 Å². The van der Waals surface area contributed by atoms with E-state index in [4.69, 9.17) is 0 Å². The summed E-state index contributed by atoms with van der Waals surface area (Å²) >= 11 is 0. The van der Waals surface area contributed by atoms with Crippen molar-refractivity contribution in [3.63, 3.8) is 0 Å². The van der Waals surface area contributed by atoms with Crippen LogP contribution in [0, 0.1) is 0 Å². The highest BCUT2D eigenvalue weighted by Crippen LogP contribution is 2.19. The van der Waals surface area contributed by atoms with Gasteiger partial charge in [-0.2, -0.15) is 5.10 Å². The Morgan fingerprint density at radius 1 is 0.941 bits per heavy atom. The zero-order valence-corrected chi connectivity index (χ0v) is 11.9. The second-order valence-electron chi connectivity index (χ2n) is 4.96. The average molecular weight is 239 g/mol. The van der Waals surface area contributed by atoms with Gasteiger partial charge in [0.05, 0.1) is 0 Å². The first kappa shape index (κ1) is 14.3. The molecule has 1 atom stereocenters. The van der Waals surface area contributed by atoms with E-state index >= 15 is 0 Å². The summed E-state index contributed by atoms with van der Waals surface area (Å²) < 4.78 is 0. The van der Waals surface area contributed by atoms with E-state index in [1.54, 1.807) is 0 Å². The summed E-state index contributed by atoms with van der Waals surface area (Å²) in [6.45, 7) is 9.04. The van der Waals surface area contributed by atoms with E-state index < -0.39 is 0 Å². The molecule has 0 bridgehead atoms. The van der Waals surface area contributed by atoms with E-state index in [1.165, 1.54) is 44.9 Å². The molecule has 0 aromatic carbocycles. The van der Waals surface area contributed by atoms with Crippen LogP contribution in [0.1, 0.15) is 65.7 Å². The predicted molar refractivity (Wildman–Crippen MR) is 75.0 cm³/mol. The number of hydrazone groups is 1. The SMILES string of the molecule is CCCCC1N(CCCC)C=NN1CCCC. The minimum atomic E-state index is 0.535. The summed E-state index contributed by atoms with van der Waals surface area (Å²) in [5.74, 6) is 0. The van der Waals surface area contributed by atoms with Gasteiger partial charge in [0.15, 0.2) is 0 Å². The van der Waals surface area contributed by atoms with Crippen molar-refractivity contribution in [2.45, 2.75) is 71.9 Å². The van der Waals surface area contributed by atoms with Gasteiger partial charge in [-0.05, 0) is 25.7 Å². The third-order valence-corrected chi connectivity index (χ3v) is 3.40. The molecule has 0 aromatic heterocycles. The van der Waals surface area contributed by atoms with E-state index in [1.807, 2.05) is 0 Å². The topological polar surface area (TPSA) is 18.8 Å². The lowest BCUT2D eigenvalue weighted by Crippen LogP contribution is -2.40. The van der Waals surface area contributed by atoms with E-state index in [-0.39, 0.29) is 0 Å². The van der Waals surface area contributed by atoms with Gasteiger partial charge in [-0.1, -0.05) is 40.0 Å². The summed E-state index contributed by atoms with van der Waals surface area (Å²) in [5, 5.41) is 6.88. The second kappa shape index (κ2) is 8.37. The Morgan fingerprint density at radius 2 is 1.59 bits per heavy atom. The number of rotatable bonds is 9. The van der Waals surface area contributed by atoms with Crippen molar-refractivity contribution in [1.29, 1.82) is 0 Å². The molecular weight excluding hydrogens is 210 g/mol. The maximum atomic E-state index is 4.58. The van der Waals surface area contributed by atoms with Crippen molar-refractivity contribution in [1.82, 2.24) is 9.91 Å². The van der Waals surface area contributed by atoms with Gasteiger partial charge in [-0.3, -0.25) is 5.01 Å². The maximum absolute atomic E-state index is 4.58. The Kier molecular flexibility index (Phi) is 7.06. The van der Waals surface area contributed by atoms with Gasteiger partial charge in [0.2, 0.25) is 0 Å². The van der Waals surface area contributed by atoms with Crippen molar-refractivity contribution >= 4 is 6.34 Å². The second-order valence-corrected chi connectivity index (χ2v) is 4.96. The molecule has 1 rings (SSSR count). The van der Waals surface area contributed by atoms with Crippen LogP contribution in [0.5, 0.6) is 0 Å². The van der Waals surface area contributed by atoms with Crippen LogP contribution < -0.4 is 0 Å². The molecule has 1 heterocycles. The van der Waals surface area contributed by atoms with Gasteiger partial charge >= 0.3 is 0 Å². The van der Waals surface area contributed by atoms with Gasteiger partial charge in [-0.25, -0.2) is 0 Å². The van der Waals surface area contributed by atoms with Crippen LogP contribution in [-0.2, 0) is 0 Å². The number of unbranched alkanes of at least 4 members (excludes halogenated alkanes) is 3. The third-order valence-electron chi connectivity index (χ3n) is 3.40. The van der Waals surface area contributed by atoms with Gasteiger partial charge < -0.3 is 4.90 Å². The van der Waals surface area contributed by atoms with Crippen molar-refractivity contribution in [2.75, 3.05) is 13.1 Å². The largest absolute Gasteiger partial charge is 0.339 e. The van der Waals surface area contributed by atoms with Gasteiger partial charge in [0.1, 0.15) is 12.5 Å². The van der Waals surface area contributed by atoms with Crippen LogP contribution in [0.2, 0.25) is 0 Å². The molecule has 3 heteroatoms. The molecule has 0 N–H and O–H groups in total. The summed E-state index contributed by atoms with van der Waals surface area (Å²) in [6.07, 6.45) is 11.5. The molecule has 0 saturated heterocycles. The Morgan fingerprint density at radius 3 is 2.24 bits per heavy atom. The van der Waals surface area contributed by atoms with Gasteiger partial charge in [0.25, 0.3) is 0 Å². The highest BCUT2D eigenvalue weighted by Gasteiger charge is 2.25. The molecule has 17 heavy (non-hydrogen) atoms. The van der Waals surface area contributed by atoms with Crippen LogP contribution in [0.15, 0.2) is 5.10 Å². The fraction of sp³-hybridized carbons (Fsp3) is 0.929. The highest BCUT2D eigenvalue weighted by molar-refractivity contribution is 5.57. The van der Waals surface area contributed by atoms with Gasteiger partial charge in [0, 0.05) is 13.1 Å². The molecule has 1 aliphatic heterocycles. The summed E-state index contributed by atoms with van der Waals surface area (Å²) in [7, 11) is 0. The molecule has 0 amide bonds. The molecule has 3 nitrogen and oxygen atoms in total. The van der Waals surface area contributed by atoms with Gasteiger partial charge in [-0.15, -0.1) is 0 Å². The highest BCUT2D eigenvalue weighted by atomic mass is 15.6. The number of hydrogen-bond donors (Lipinski definition) is 0. The zero-order chi connectivity index (χ0) is 12.5. The van der Waals surface area contributed by atoms with Crippen molar-refractivity contribution in [3.8, 4) is 0 Å². The normalized spacial score (nSPS) is 19.4. The van der Waals surface area contributed by atoms with E-state index in [0.29, 0.717) is 6.17 Å². The monoisotopic (exact) mass is 239 g/mol. The zero-order valence-electron chi connectivity index (χ0n) is 11.9. The molecule has 0 saturated carbocycles. The van der Waals surface area contributed by atoms with Crippen LogP contribution >= 0.6 is 0 Å². The van der Waals surface area contributed by atoms with Crippen LogP contribution in [0.3, 0.4) is 0 Å². The number of hydrogen-bond acceptors (Lipinski definition) is 3. The Bertz CT molecular complexity index is 198. The summed E-state index contributed by atoms with van der Waals surface area (Å²) in [4.78, 5) is 2.44. The Labute approximate surface area is 107 Å². The first-order valence-electron chi connectivity index (χ1n) is 7.39. The molecular formula is C14H29N3. The van der Waals surface area contributed by atoms with Crippen LogP contribution in [0.25, 0.3) is 0 Å². The average Bonchev–Trinajstić information content (AvgIpc) is 2.73. The molecule has 1 unspecified atom stereocenters. The first-order chi connectivity index (χ1) is 8.33. The molecule has 0 aromatic rings. The molecule has 1 aliphatic rings. The van der Waals surface area contributed by atoms with E-state index in [9.17, 15) is 0 Å². The lowest BCUT2D eigenvalue weighted by Gasteiger charge is -2.30. The van der Waals surface area contributed by atoms with Crippen molar-refractivity contribution in [3.05, 3.63) is 0 Å². The van der Waals surface area contributed by atoms with E-state index in [0.717, 1.165) is 13.1 Å². The summed E-state index contributed by atoms with van der Waals surface area (Å²) in [6, 6.07) is 0. The predicted octanol–water partition coefficient (Wildman–Crippen LogP) is 3.66. The molecule has 0 spiro atoms. The van der Waals surface area contributed by atoms with Crippen LogP contribution in [-0.4, -0.2) is 35.5 Å². The number of nitrogens with zero attached hydrogens (tertiary/aromatic N) is 3.